The maximum atomic E-state index is 13.4. The molecule has 2 nitrogen and oxygen atoms in total. The van der Waals surface area contributed by atoms with Gasteiger partial charge in [0.05, 0.1) is 0 Å². The fourth-order valence-corrected chi connectivity index (χ4v) is 2.16. The minimum atomic E-state index is -0.783. The van der Waals surface area contributed by atoms with E-state index in [-0.39, 0.29) is 0 Å². The zero-order chi connectivity index (χ0) is 13.0. The summed E-state index contributed by atoms with van der Waals surface area (Å²) in [6.07, 6.45) is 3.41. The van der Waals surface area contributed by atoms with Crippen molar-refractivity contribution in [3.8, 4) is 0 Å². The Morgan fingerprint density at radius 3 is 2.78 bits per heavy atom. The molecule has 1 aromatic carbocycles. The van der Waals surface area contributed by atoms with Crippen molar-refractivity contribution >= 4 is 0 Å². The molecule has 0 atom stereocenters. The second-order valence-corrected chi connectivity index (χ2v) is 5.06. The normalized spacial score (nSPS) is 16.8. The summed E-state index contributed by atoms with van der Waals surface area (Å²) >= 11 is 0. The number of hydrogen-bond donors (Lipinski definition) is 1. The van der Waals surface area contributed by atoms with E-state index < -0.39 is 11.6 Å². The lowest BCUT2D eigenvalue weighted by Gasteiger charge is -2.15. The Morgan fingerprint density at radius 1 is 1.33 bits per heavy atom. The molecule has 1 aliphatic carbocycles. The van der Waals surface area contributed by atoms with Crippen molar-refractivity contribution in [2.45, 2.75) is 25.8 Å². The van der Waals surface area contributed by atoms with Gasteiger partial charge in [-0.1, -0.05) is 12.1 Å². The minimum Gasteiger partial charge on any atom is -0.385 e. The zero-order valence-corrected chi connectivity index (χ0v) is 10.6. The van der Waals surface area contributed by atoms with Crippen LogP contribution in [0.3, 0.4) is 0 Å². The Labute approximate surface area is 106 Å². The first-order valence-corrected chi connectivity index (χ1v) is 6.29. The van der Waals surface area contributed by atoms with Gasteiger partial charge in [-0.2, -0.15) is 0 Å². The van der Waals surface area contributed by atoms with Crippen LogP contribution in [0.2, 0.25) is 0 Å². The monoisotopic (exact) mass is 255 g/mol. The highest BCUT2D eigenvalue weighted by Gasteiger charge is 2.41. The maximum absolute atomic E-state index is 13.4. The van der Waals surface area contributed by atoms with Crippen LogP contribution in [0.15, 0.2) is 18.2 Å². The van der Waals surface area contributed by atoms with E-state index in [1.165, 1.54) is 18.9 Å². The first kappa shape index (κ1) is 13.4. The Balaban J connectivity index is 1.80. The van der Waals surface area contributed by atoms with Gasteiger partial charge >= 0.3 is 0 Å². The molecular formula is C14H19F2NO. The summed E-state index contributed by atoms with van der Waals surface area (Å²) < 4.78 is 31.5. The van der Waals surface area contributed by atoms with Crippen molar-refractivity contribution in [1.82, 2.24) is 5.32 Å². The Hall–Kier alpha value is -1.00. The van der Waals surface area contributed by atoms with Gasteiger partial charge in [0.15, 0.2) is 11.6 Å². The van der Waals surface area contributed by atoms with E-state index >= 15 is 0 Å². The van der Waals surface area contributed by atoms with Gasteiger partial charge in [-0.3, -0.25) is 0 Å². The summed E-state index contributed by atoms with van der Waals surface area (Å²) in [7, 11) is 1.70. The fourth-order valence-electron chi connectivity index (χ4n) is 2.16. The summed E-state index contributed by atoms with van der Waals surface area (Å²) in [5.41, 5.74) is 0.706. The number of hydrogen-bond acceptors (Lipinski definition) is 2. The molecule has 0 radical (unpaired) electrons. The van der Waals surface area contributed by atoms with Crippen LogP contribution in [0.4, 0.5) is 8.78 Å². The van der Waals surface area contributed by atoms with Crippen molar-refractivity contribution in [2.24, 2.45) is 5.41 Å². The third kappa shape index (κ3) is 3.27. The van der Waals surface area contributed by atoms with E-state index in [4.69, 9.17) is 4.74 Å². The lowest BCUT2D eigenvalue weighted by atomic mass is 10.0. The van der Waals surface area contributed by atoms with E-state index in [0.29, 0.717) is 17.5 Å². The SMILES string of the molecule is COCCC1(CNCc2cccc(F)c2F)CC1. The van der Waals surface area contributed by atoms with Crippen molar-refractivity contribution in [1.29, 1.82) is 0 Å². The van der Waals surface area contributed by atoms with Crippen molar-refractivity contribution in [3.63, 3.8) is 0 Å². The van der Waals surface area contributed by atoms with Crippen molar-refractivity contribution in [3.05, 3.63) is 35.4 Å². The second-order valence-electron chi connectivity index (χ2n) is 5.06. The third-order valence-corrected chi connectivity index (χ3v) is 3.64. The van der Waals surface area contributed by atoms with Crippen LogP contribution in [0.25, 0.3) is 0 Å². The minimum absolute atomic E-state index is 0.319. The first-order valence-electron chi connectivity index (χ1n) is 6.29. The van der Waals surface area contributed by atoms with E-state index in [9.17, 15) is 8.78 Å². The molecule has 1 fully saturated rings. The molecule has 100 valence electrons. The van der Waals surface area contributed by atoms with Gasteiger partial charge in [-0.25, -0.2) is 8.78 Å². The molecule has 0 unspecified atom stereocenters. The van der Waals surface area contributed by atoms with Crippen LogP contribution in [-0.4, -0.2) is 20.3 Å². The molecule has 0 saturated heterocycles. The van der Waals surface area contributed by atoms with Gasteiger partial charge in [-0.15, -0.1) is 0 Å². The Morgan fingerprint density at radius 2 is 2.11 bits per heavy atom. The van der Waals surface area contributed by atoms with Crippen LogP contribution >= 0.6 is 0 Å². The predicted octanol–water partition coefficient (Wildman–Crippen LogP) is 2.87. The fraction of sp³-hybridized carbons (Fsp3) is 0.571. The molecule has 0 aromatic heterocycles. The predicted molar refractivity (Wildman–Crippen MR) is 66.2 cm³/mol. The molecule has 4 heteroatoms. The molecule has 0 heterocycles. The lowest BCUT2D eigenvalue weighted by molar-refractivity contribution is 0.171. The number of methoxy groups -OCH3 is 1. The average Bonchev–Trinajstić information content (AvgIpc) is 3.13. The summed E-state index contributed by atoms with van der Waals surface area (Å²) in [5.74, 6) is -1.53. The molecule has 1 aromatic rings. The van der Waals surface area contributed by atoms with E-state index in [0.717, 1.165) is 25.6 Å². The van der Waals surface area contributed by atoms with Gasteiger partial charge in [0, 0.05) is 32.4 Å². The number of nitrogens with one attached hydrogen (secondary N) is 1. The van der Waals surface area contributed by atoms with Gasteiger partial charge in [0.1, 0.15) is 0 Å². The average molecular weight is 255 g/mol. The molecule has 18 heavy (non-hydrogen) atoms. The van der Waals surface area contributed by atoms with Gasteiger partial charge in [0.2, 0.25) is 0 Å². The van der Waals surface area contributed by atoms with Gasteiger partial charge < -0.3 is 10.1 Å². The van der Waals surface area contributed by atoms with Crippen molar-refractivity contribution in [2.75, 3.05) is 20.3 Å². The van der Waals surface area contributed by atoms with Gasteiger partial charge in [-0.05, 0) is 30.7 Å². The van der Waals surface area contributed by atoms with Crippen LogP contribution in [-0.2, 0) is 11.3 Å². The summed E-state index contributed by atoms with van der Waals surface area (Å²) in [6, 6.07) is 4.28. The van der Waals surface area contributed by atoms with Crippen LogP contribution in [0, 0.1) is 17.0 Å². The van der Waals surface area contributed by atoms with E-state index in [1.54, 1.807) is 13.2 Å². The number of benzene rings is 1. The van der Waals surface area contributed by atoms with Gasteiger partial charge in [0.25, 0.3) is 0 Å². The molecule has 2 rings (SSSR count). The first-order chi connectivity index (χ1) is 8.67. The highest BCUT2D eigenvalue weighted by molar-refractivity contribution is 5.18. The summed E-state index contributed by atoms with van der Waals surface area (Å²) in [5, 5.41) is 3.22. The lowest BCUT2D eigenvalue weighted by Crippen LogP contribution is -2.25. The smallest absolute Gasteiger partial charge is 0.163 e. The Kier molecular flexibility index (Phi) is 4.30. The molecule has 0 aliphatic heterocycles. The van der Waals surface area contributed by atoms with Crippen LogP contribution in [0.5, 0.6) is 0 Å². The molecule has 0 bridgehead atoms. The Bertz CT molecular complexity index is 405. The number of rotatable bonds is 7. The molecule has 1 N–H and O–H groups in total. The summed E-state index contributed by atoms with van der Waals surface area (Å²) in [4.78, 5) is 0. The third-order valence-electron chi connectivity index (χ3n) is 3.64. The summed E-state index contributed by atoms with van der Waals surface area (Å²) in [6.45, 7) is 1.97. The second kappa shape index (κ2) is 5.76. The topological polar surface area (TPSA) is 21.3 Å². The van der Waals surface area contributed by atoms with E-state index in [2.05, 4.69) is 5.32 Å². The largest absolute Gasteiger partial charge is 0.385 e. The number of halogens is 2. The van der Waals surface area contributed by atoms with E-state index in [1.807, 2.05) is 0 Å². The highest BCUT2D eigenvalue weighted by atomic mass is 19.2. The molecule has 1 aliphatic rings. The zero-order valence-electron chi connectivity index (χ0n) is 10.6. The van der Waals surface area contributed by atoms with Crippen LogP contribution < -0.4 is 5.32 Å². The quantitative estimate of drug-likeness (QED) is 0.809. The van der Waals surface area contributed by atoms with Crippen molar-refractivity contribution < 1.29 is 13.5 Å². The highest BCUT2D eigenvalue weighted by Crippen LogP contribution is 2.48. The van der Waals surface area contributed by atoms with Crippen LogP contribution in [0.1, 0.15) is 24.8 Å². The molecule has 0 amide bonds. The molecular weight excluding hydrogens is 236 g/mol. The standard InChI is InChI=1S/C14H19F2NO/c1-18-8-7-14(5-6-14)10-17-9-11-3-2-4-12(15)13(11)16/h2-4,17H,5-10H2,1H3. The molecule has 1 saturated carbocycles. The maximum Gasteiger partial charge on any atom is 0.163 e. The molecule has 0 spiro atoms. The number of ether oxygens (including phenoxy) is 1.